The molecule has 1 aromatic carbocycles. The lowest BCUT2D eigenvalue weighted by Gasteiger charge is -2.30. The molecule has 1 aliphatic heterocycles. The number of hydrogen-bond donors (Lipinski definition) is 1. The number of primary amides is 1. The molecular weight excluding hydrogens is 200 g/mol. The van der Waals surface area contributed by atoms with Gasteiger partial charge in [-0.2, -0.15) is 0 Å². The molecule has 0 saturated heterocycles. The summed E-state index contributed by atoms with van der Waals surface area (Å²) in [7, 11) is 1.93. The number of nitrogens with two attached hydrogens (primary N) is 1. The van der Waals surface area contributed by atoms with E-state index in [0.29, 0.717) is 5.57 Å². The van der Waals surface area contributed by atoms with Crippen molar-refractivity contribution < 1.29 is 4.79 Å². The largest absolute Gasteiger partial charge is 0.369 e. The summed E-state index contributed by atoms with van der Waals surface area (Å²) in [6.45, 7) is 0. The van der Waals surface area contributed by atoms with Gasteiger partial charge in [-0.3, -0.25) is 4.79 Å². The van der Waals surface area contributed by atoms with E-state index in [4.69, 9.17) is 5.73 Å². The summed E-state index contributed by atoms with van der Waals surface area (Å²) in [6, 6.07) is 9.79. The van der Waals surface area contributed by atoms with Gasteiger partial charge in [0, 0.05) is 12.6 Å². The molecule has 3 heteroatoms. The van der Waals surface area contributed by atoms with E-state index in [9.17, 15) is 4.79 Å². The summed E-state index contributed by atoms with van der Waals surface area (Å²) in [6.07, 6.45) is 5.55. The molecule has 3 nitrogen and oxygen atoms in total. The highest BCUT2D eigenvalue weighted by Crippen LogP contribution is 2.29. The first-order valence-electron chi connectivity index (χ1n) is 5.15. The highest BCUT2D eigenvalue weighted by molar-refractivity contribution is 5.94. The Morgan fingerprint density at radius 3 is 2.62 bits per heavy atom. The minimum Gasteiger partial charge on any atom is -0.369 e. The first-order chi connectivity index (χ1) is 7.70. The lowest BCUT2D eigenvalue weighted by atomic mass is 9.95. The van der Waals surface area contributed by atoms with Crippen molar-refractivity contribution in [1.29, 1.82) is 0 Å². The van der Waals surface area contributed by atoms with Gasteiger partial charge in [0.1, 0.15) is 0 Å². The maximum absolute atomic E-state index is 11.4. The zero-order valence-corrected chi connectivity index (χ0v) is 9.13. The highest BCUT2D eigenvalue weighted by Gasteiger charge is 2.24. The van der Waals surface area contributed by atoms with E-state index >= 15 is 0 Å². The van der Waals surface area contributed by atoms with Crippen LogP contribution in [0.2, 0.25) is 0 Å². The van der Waals surface area contributed by atoms with Gasteiger partial charge in [0.2, 0.25) is 5.91 Å². The van der Waals surface area contributed by atoms with Crippen molar-refractivity contribution in [3.8, 4) is 0 Å². The number of carbonyl (C=O) groups excluding carboxylic acids is 1. The van der Waals surface area contributed by atoms with E-state index in [0.717, 1.165) is 5.56 Å². The number of allylic oxidation sites excluding steroid dienone is 2. The second kappa shape index (κ2) is 4.23. The van der Waals surface area contributed by atoms with Crippen LogP contribution in [0.3, 0.4) is 0 Å². The standard InChI is InChI=1S/C13H14N2O/c1-15-9-5-8-11(13(14)16)12(15)10-6-3-2-4-7-10/h2-9,12H,1H3,(H2,14,16). The van der Waals surface area contributed by atoms with Crippen LogP contribution in [0.25, 0.3) is 0 Å². The normalized spacial score (nSPS) is 19.4. The SMILES string of the molecule is CN1C=CC=C(C(N)=O)C1c1ccccc1. The van der Waals surface area contributed by atoms with E-state index in [-0.39, 0.29) is 11.9 Å². The minimum absolute atomic E-state index is 0.0799. The molecule has 1 unspecified atom stereocenters. The van der Waals surface area contributed by atoms with Crippen LogP contribution < -0.4 is 5.73 Å². The minimum atomic E-state index is -0.370. The molecule has 0 aromatic heterocycles. The Balaban J connectivity index is 2.42. The molecule has 82 valence electrons. The Morgan fingerprint density at radius 2 is 2.00 bits per heavy atom. The third-order valence-electron chi connectivity index (χ3n) is 2.70. The number of amides is 1. The number of nitrogens with zero attached hydrogens (tertiary/aromatic N) is 1. The average Bonchev–Trinajstić information content (AvgIpc) is 2.29. The molecule has 1 aromatic rings. The topological polar surface area (TPSA) is 46.3 Å². The molecule has 1 atom stereocenters. The molecule has 0 radical (unpaired) electrons. The molecule has 0 spiro atoms. The van der Waals surface area contributed by atoms with Crippen LogP contribution in [0.1, 0.15) is 11.6 Å². The van der Waals surface area contributed by atoms with E-state index in [1.54, 1.807) is 6.08 Å². The smallest absolute Gasteiger partial charge is 0.247 e. The highest BCUT2D eigenvalue weighted by atomic mass is 16.1. The zero-order chi connectivity index (χ0) is 11.5. The molecule has 2 N–H and O–H groups in total. The number of carbonyl (C=O) groups is 1. The molecule has 0 aliphatic carbocycles. The van der Waals surface area contributed by atoms with E-state index in [2.05, 4.69) is 0 Å². The van der Waals surface area contributed by atoms with E-state index in [1.807, 2.05) is 54.6 Å². The number of benzene rings is 1. The fraction of sp³-hybridized carbons (Fsp3) is 0.154. The molecule has 2 rings (SSSR count). The van der Waals surface area contributed by atoms with Gasteiger partial charge in [-0.05, 0) is 23.9 Å². The Kier molecular flexibility index (Phi) is 2.77. The summed E-state index contributed by atoms with van der Waals surface area (Å²) in [5.41, 5.74) is 7.08. The van der Waals surface area contributed by atoms with E-state index < -0.39 is 0 Å². The fourth-order valence-corrected chi connectivity index (χ4v) is 1.95. The summed E-state index contributed by atoms with van der Waals surface area (Å²) in [5.74, 6) is -0.370. The van der Waals surface area contributed by atoms with Crippen LogP contribution in [0.5, 0.6) is 0 Å². The van der Waals surface area contributed by atoms with Gasteiger partial charge in [-0.25, -0.2) is 0 Å². The molecular formula is C13H14N2O. The maximum atomic E-state index is 11.4. The van der Waals surface area contributed by atoms with Gasteiger partial charge in [0.15, 0.2) is 0 Å². The van der Waals surface area contributed by atoms with Crippen LogP contribution in [0, 0.1) is 0 Å². The van der Waals surface area contributed by atoms with Crippen molar-refractivity contribution in [3.63, 3.8) is 0 Å². The number of likely N-dealkylation sites (N-methyl/N-ethyl adjacent to an activating group) is 1. The average molecular weight is 214 g/mol. The van der Waals surface area contributed by atoms with Gasteiger partial charge in [0.25, 0.3) is 0 Å². The van der Waals surface area contributed by atoms with Gasteiger partial charge in [-0.15, -0.1) is 0 Å². The number of hydrogen-bond acceptors (Lipinski definition) is 2. The molecule has 0 bridgehead atoms. The third kappa shape index (κ3) is 1.84. The van der Waals surface area contributed by atoms with Crippen LogP contribution >= 0.6 is 0 Å². The van der Waals surface area contributed by atoms with Crippen molar-refractivity contribution in [2.24, 2.45) is 5.73 Å². The van der Waals surface area contributed by atoms with Crippen molar-refractivity contribution in [2.75, 3.05) is 7.05 Å². The Morgan fingerprint density at radius 1 is 1.31 bits per heavy atom. The first-order valence-corrected chi connectivity index (χ1v) is 5.15. The zero-order valence-electron chi connectivity index (χ0n) is 9.13. The second-order valence-electron chi connectivity index (χ2n) is 3.81. The molecule has 1 amide bonds. The summed E-state index contributed by atoms with van der Waals surface area (Å²) >= 11 is 0. The molecule has 1 heterocycles. The molecule has 0 fully saturated rings. The lowest BCUT2D eigenvalue weighted by Crippen LogP contribution is -2.30. The van der Waals surface area contributed by atoms with Crippen LogP contribution in [-0.2, 0) is 4.79 Å². The number of rotatable bonds is 2. The van der Waals surface area contributed by atoms with Crippen LogP contribution in [0.4, 0.5) is 0 Å². The van der Waals surface area contributed by atoms with Gasteiger partial charge in [0.05, 0.1) is 6.04 Å². The second-order valence-corrected chi connectivity index (χ2v) is 3.81. The first kappa shape index (κ1) is 10.5. The third-order valence-corrected chi connectivity index (χ3v) is 2.70. The Bertz CT molecular complexity index is 448. The van der Waals surface area contributed by atoms with Crippen molar-refractivity contribution in [1.82, 2.24) is 4.90 Å². The van der Waals surface area contributed by atoms with Crippen molar-refractivity contribution in [2.45, 2.75) is 6.04 Å². The summed E-state index contributed by atoms with van der Waals surface area (Å²) in [5, 5.41) is 0. The summed E-state index contributed by atoms with van der Waals surface area (Å²) in [4.78, 5) is 13.4. The Labute approximate surface area is 94.9 Å². The van der Waals surface area contributed by atoms with Gasteiger partial charge >= 0.3 is 0 Å². The van der Waals surface area contributed by atoms with Crippen LogP contribution in [-0.4, -0.2) is 17.9 Å². The predicted molar refractivity (Wildman–Crippen MR) is 63.4 cm³/mol. The summed E-state index contributed by atoms with van der Waals surface area (Å²) < 4.78 is 0. The molecule has 16 heavy (non-hydrogen) atoms. The fourth-order valence-electron chi connectivity index (χ4n) is 1.95. The predicted octanol–water partition coefficient (Wildman–Crippen LogP) is 1.60. The van der Waals surface area contributed by atoms with Gasteiger partial charge in [-0.1, -0.05) is 30.3 Å². The monoisotopic (exact) mass is 214 g/mol. The van der Waals surface area contributed by atoms with Crippen molar-refractivity contribution in [3.05, 3.63) is 59.8 Å². The lowest BCUT2D eigenvalue weighted by molar-refractivity contribution is -0.115. The van der Waals surface area contributed by atoms with E-state index in [1.165, 1.54) is 0 Å². The van der Waals surface area contributed by atoms with Crippen LogP contribution in [0.15, 0.2) is 54.3 Å². The molecule has 1 aliphatic rings. The quantitative estimate of drug-likeness (QED) is 0.812. The van der Waals surface area contributed by atoms with Crippen molar-refractivity contribution >= 4 is 5.91 Å². The Hall–Kier alpha value is -2.03. The van der Waals surface area contributed by atoms with Gasteiger partial charge < -0.3 is 10.6 Å². The maximum Gasteiger partial charge on any atom is 0.247 e. The molecule has 0 saturated carbocycles.